The van der Waals surface area contributed by atoms with Crippen LogP contribution in [0.4, 0.5) is 0 Å². The fraction of sp³-hybridized carbons (Fsp3) is 0.583. The number of rotatable bonds is 3. The highest BCUT2D eigenvalue weighted by atomic mass is 16.4. The van der Waals surface area contributed by atoms with Gasteiger partial charge in [-0.25, -0.2) is 5.84 Å². The highest BCUT2D eigenvalue weighted by Gasteiger charge is 2.24. The summed E-state index contributed by atoms with van der Waals surface area (Å²) in [7, 11) is 0. The highest BCUT2D eigenvalue weighted by Crippen LogP contribution is 2.19. The molecule has 1 aliphatic rings. The van der Waals surface area contributed by atoms with Gasteiger partial charge < -0.3 is 9.52 Å². The lowest BCUT2D eigenvalue weighted by atomic mass is 9.96. The van der Waals surface area contributed by atoms with E-state index >= 15 is 0 Å². The van der Waals surface area contributed by atoms with Gasteiger partial charge in [0.05, 0.1) is 12.6 Å². The highest BCUT2D eigenvalue weighted by molar-refractivity contribution is 5.90. The molecule has 100 valence electrons. The largest absolute Gasteiger partial charge is 0.455 e. The molecule has 0 aliphatic carbocycles. The SMILES string of the molecule is CC1CCN(Cc2ccc(C(=O)NN)o2)CC1O. The summed E-state index contributed by atoms with van der Waals surface area (Å²) >= 11 is 0. The molecular formula is C12H19N3O3. The van der Waals surface area contributed by atoms with Crippen LogP contribution in [0.2, 0.25) is 0 Å². The van der Waals surface area contributed by atoms with E-state index in [0.29, 0.717) is 24.8 Å². The van der Waals surface area contributed by atoms with Crippen molar-refractivity contribution in [2.75, 3.05) is 13.1 Å². The average Bonchev–Trinajstić information content (AvgIpc) is 2.81. The van der Waals surface area contributed by atoms with Crippen molar-refractivity contribution in [1.82, 2.24) is 10.3 Å². The molecule has 0 bridgehead atoms. The fourth-order valence-electron chi connectivity index (χ4n) is 2.13. The molecule has 18 heavy (non-hydrogen) atoms. The van der Waals surface area contributed by atoms with Gasteiger partial charge in [-0.1, -0.05) is 6.92 Å². The van der Waals surface area contributed by atoms with E-state index in [2.05, 4.69) is 11.8 Å². The zero-order valence-electron chi connectivity index (χ0n) is 10.4. The number of likely N-dealkylation sites (tertiary alicyclic amines) is 1. The Bertz CT molecular complexity index is 418. The van der Waals surface area contributed by atoms with Crippen LogP contribution in [0.5, 0.6) is 0 Å². The van der Waals surface area contributed by atoms with E-state index in [0.717, 1.165) is 13.0 Å². The Balaban J connectivity index is 1.93. The summed E-state index contributed by atoms with van der Waals surface area (Å²) in [6.07, 6.45) is 0.679. The second-order valence-electron chi connectivity index (χ2n) is 4.81. The number of amides is 1. The van der Waals surface area contributed by atoms with Gasteiger partial charge in [0, 0.05) is 6.54 Å². The van der Waals surface area contributed by atoms with Crippen molar-refractivity contribution >= 4 is 5.91 Å². The Morgan fingerprint density at radius 3 is 3.11 bits per heavy atom. The van der Waals surface area contributed by atoms with E-state index in [1.54, 1.807) is 12.1 Å². The molecule has 1 saturated heterocycles. The summed E-state index contributed by atoms with van der Waals surface area (Å²) in [4.78, 5) is 13.3. The molecule has 2 heterocycles. The minimum Gasteiger partial charge on any atom is -0.455 e. The first-order chi connectivity index (χ1) is 8.60. The number of aliphatic hydroxyl groups is 1. The van der Waals surface area contributed by atoms with E-state index in [1.165, 1.54) is 0 Å². The van der Waals surface area contributed by atoms with Crippen LogP contribution in [0.1, 0.15) is 29.7 Å². The third-order valence-corrected chi connectivity index (χ3v) is 3.40. The minimum absolute atomic E-state index is 0.207. The van der Waals surface area contributed by atoms with E-state index in [9.17, 15) is 9.90 Å². The second-order valence-corrected chi connectivity index (χ2v) is 4.81. The maximum absolute atomic E-state index is 11.2. The molecule has 0 spiro atoms. The van der Waals surface area contributed by atoms with Gasteiger partial charge in [-0.15, -0.1) is 0 Å². The van der Waals surface area contributed by atoms with Crippen LogP contribution in [-0.4, -0.2) is 35.1 Å². The number of carbonyl (C=O) groups excluding carboxylic acids is 1. The first kappa shape index (κ1) is 13.1. The number of carbonyl (C=O) groups is 1. The minimum atomic E-state index is -0.437. The van der Waals surface area contributed by atoms with Crippen molar-refractivity contribution in [2.24, 2.45) is 11.8 Å². The molecule has 1 aromatic rings. The standard InChI is InChI=1S/C12H19N3O3/c1-8-4-5-15(7-10(8)16)6-9-2-3-11(18-9)12(17)14-13/h2-3,8,10,16H,4-7,13H2,1H3,(H,14,17). The van der Waals surface area contributed by atoms with Gasteiger partial charge >= 0.3 is 5.91 Å². The van der Waals surface area contributed by atoms with Gasteiger partial charge in [0.15, 0.2) is 5.76 Å². The van der Waals surface area contributed by atoms with Gasteiger partial charge in [-0.3, -0.25) is 15.1 Å². The summed E-state index contributed by atoms with van der Waals surface area (Å²) in [5.74, 6) is 5.85. The molecule has 4 N–H and O–H groups in total. The van der Waals surface area contributed by atoms with Crippen LogP contribution in [0.15, 0.2) is 16.5 Å². The monoisotopic (exact) mass is 253 g/mol. The predicted octanol–water partition coefficient (Wildman–Crippen LogP) is 0.0858. The number of hydrazine groups is 1. The maximum atomic E-state index is 11.2. The Hall–Kier alpha value is -1.37. The van der Waals surface area contributed by atoms with Gasteiger partial charge in [0.1, 0.15) is 5.76 Å². The second kappa shape index (κ2) is 5.51. The number of nitrogens with one attached hydrogen (secondary N) is 1. The van der Waals surface area contributed by atoms with Crippen LogP contribution in [0, 0.1) is 5.92 Å². The Kier molecular flexibility index (Phi) is 4.00. The summed E-state index contributed by atoms with van der Waals surface area (Å²) < 4.78 is 5.39. The number of β-amino-alcohol motifs (C(OH)–C–C–N with tert-alkyl or cyclic N) is 1. The average molecular weight is 253 g/mol. The first-order valence-electron chi connectivity index (χ1n) is 6.10. The summed E-state index contributed by atoms with van der Waals surface area (Å²) in [5, 5.41) is 9.80. The lowest BCUT2D eigenvalue weighted by Gasteiger charge is -2.33. The first-order valence-corrected chi connectivity index (χ1v) is 6.10. The normalized spacial score (nSPS) is 25.1. The molecule has 0 aromatic carbocycles. The van der Waals surface area contributed by atoms with Gasteiger partial charge in [0.25, 0.3) is 0 Å². The molecule has 1 aromatic heterocycles. The van der Waals surface area contributed by atoms with E-state index < -0.39 is 5.91 Å². The zero-order valence-corrected chi connectivity index (χ0v) is 10.4. The maximum Gasteiger partial charge on any atom is 0.300 e. The number of nitrogens with zero attached hydrogens (tertiary/aromatic N) is 1. The Morgan fingerprint density at radius 2 is 2.44 bits per heavy atom. The third-order valence-electron chi connectivity index (χ3n) is 3.40. The molecular weight excluding hydrogens is 234 g/mol. The third kappa shape index (κ3) is 2.90. The predicted molar refractivity (Wildman–Crippen MR) is 65.4 cm³/mol. The Morgan fingerprint density at radius 1 is 1.67 bits per heavy atom. The van der Waals surface area contributed by atoms with Crippen LogP contribution >= 0.6 is 0 Å². The summed E-state index contributed by atoms with van der Waals surface area (Å²) in [5.41, 5.74) is 2.02. The number of nitrogens with two attached hydrogens (primary N) is 1. The van der Waals surface area contributed by atoms with Crippen LogP contribution < -0.4 is 11.3 Å². The molecule has 2 unspecified atom stereocenters. The van der Waals surface area contributed by atoms with Crippen molar-refractivity contribution in [3.8, 4) is 0 Å². The fourth-order valence-corrected chi connectivity index (χ4v) is 2.13. The summed E-state index contributed by atoms with van der Waals surface area (Å²) in [6.45, 7) is 4.22. The molecule has 0 saturated carbocycles. The molecule has 6 heteroatoms. The van der Waals surface area contributed by atoms with E-state index in [-0.39, 0.29) is 11.9 Å². The lowest BCUT2D eigenvalue weighted by Crippen LogP contribution is -2.42. The zero-order chi connectivity index (χ0) is 13.1. The Labute approximate surface area is 106 Å². The van der Waals surface area contributed by atoms with Crippen LogP contribution in [-0.2, 0) is 6.54 Å². The lowest BCUT2D eigenvalue weighted by molar-refractivity contribution is 0.0232. The van der Waals surface area contributed by atoms with Gasteiger partial charge in [0.2, 0.25) is 0 Å². The molecule has 6 nitrogen and oxygen atoms in total. The molecule has 2 atom stereocenters. The quantitative estimate of drug-likeness (QED) is 0.403. The van der Waals surface area contributed by atoms with Gasteiger partial charge in [-0.05, 0) is 31.0 Å². The van der Waals surface area contributed by atoms with Crippen molar-refractivity contribution in [2.45, 2.75) is 26.0 Å². The smallest absolute Gasteiger partial charge is 0.300 e. The molecule has 1 amide bonds. The molecule has 1 fully saturated rings. The van der Waals surface area contributed by atoms with Crippen LogP contribution in [0.3, 0.4) is 0 Å². The topological polar surface area (TPSA) is 91.7 Å². The van der Waals surface area contributed by atoms with E-state index in [4.69, 9.17) is 10.3 Å². The van der Waals surface area contributed by atoms with Gasteiger partial charge in [-0.2, -0.15) is 0 Å². The van der Waals surface area contributed by atoms with Crippen molar-refractivity contribution < 1.29 is 14.3 Å². The number of nitrogen functional groups attached to an aromatic ring is 1. The summed E-state index contributed by atoms with van der Waals surface area (Å²) in [6, 6.07) is 3.36. The number of hydrogen-bond donors (Lipinski definition) is 3. The number of piperidine rings is 1. The number of hydrogen-bond acceptors (Lipinski definition) is 5. The van der Waals surface area contributed by atoms with Crippen molar-refractivity contribution in [3.05, 3.63) is 23.7 Å². The number of furan rings is 1. The van der Waals surface area contributed by atoms with Crippen LogP contribution in [0.25, 0.3) is 0 Å². The van der Waals surface area contributed by atoms with E-state index in [1.807, 2.05) is 5.43 Å². The molecule has 0 radical (unpaired) electrons. The molecule has 2 rings (SSSR count). The van der Waals surface area contributed by atoms with Crippen molar-refractivity contribution in [1.29, 1.82) is 0 Å². The number of aliphatic hydroxyl groups excluding tert-OH is 1. The molecule has 1 aliphatic heterocycles. The van der Waals surface area contributed by atoms with Crippen molar-refractivity contribution in [3.63, 3.8) is 0 Å².